The molecule has 0 amide bonds. The first-order valence-electron chi connectivity index (χ1n) is 6.16. The van der Waals surface area contributed by atoms with Crippen LogP contribution in [0.25, 0.3) is 11.0 Å². The summed E-state index contributed by atoms with van der Waals surface area (Å²) in [6.45, 7) is 1.72. The third-order valence-corrected chi connectivity index (χ3v) is 6.28. The molecule has 2 heterocycles. The largest absolute Gasteiger partial charge is 0.249 e. The molecule has 104 valence electrons. The van der Waals surface area contributed by atoms with E-state index in [1.807, 2.05) is 18.2 Å². The van der Waals surface area contributed by atoms with Crippen molar-refractivity contribution in [2.24, 2.45) is 0 Å². The highest BCUT2D eigenvalue weighted by molar-refractivity contribution is 9.11. The first-order valence-corrected chi connectivity index (χ1v) is 8.39. The lowest BCUT2D eigenvalue weighted by Gasteiger charge is -2.27. The molecule has 0 saturated carbocycles. The Kier molecular flexibility index (Phi) is 3.10. The van der Waals surface area contributed by atoms with Crippen molar-refractivity contribution < 1.29 is 8.42 Å². The van der Waals surface area contributed by atoms with Crippen molar-refractivity contribution in [3.8, 4) is 0 Å². The van der Waals surface area contributed by atoms with E-state index >= 15 is 0 Å². The van der Waals surface area contributed by atoms with Gasteiger partial charge in [-0.25, -0.2) is 17.4 Å². The Hall–Kier alpha value is -1.40. The lowest BCUT2D eigenvalue weighted by molar-refractivity contribution is 0.554. The average molecular weight is 353 g/mol. The van der Waals surface area contributed by atoms with Crippen molar-refractivity contribution in [3.63, 3.8) is 0 Å². The van der Waals surface area contributed by atoms with Gasteiger partial charge in [0, 0.05) is 22.3 Å². The van der Waals surface area contributed by atoms with E-state index in [0.717, 1.165) is 9.87 Å². The van der Waals surface area contributed by atoms with E-state index in [0.29, 0.717) is 12.1 Å². The van der Waals surface area contributed by atoms with Crippen LogP contribution in [0.3, 0.4) is 0 Å². The van der Waals surface area contributed by atoms with Gasteiger partial charge in [0.05, 0.1) is 0 Å². The number of hydrogen-bond donors (Lipinski definition) is 0. The Morgan fingerprint density at radius 2 is 2.20 bits per heavy atom. The normalized spacial score (nSPS) is 23.0. The highest BCUT2D eigenvalue weighted by Gasteiger charge is 2.39. The number of rotatable bonds is 2. The van der Waals surface area contributed by atoms with E-state index in [9.17, 15) is 8.42 Å². The standard InChI is InChI=1S/C14H13BrN2O2S/c1-14(7-2-5-12(15)10-14)20(18,19)17-9-6-11-4-3-8-16-13(11)17/h2-6,8-10H,7H2,1H3. The van der Waals surface area contributed by atoms with Crippen LogP contribution in [-0.4, -0.2) is 22.1 Å². The number of nitrogens with zero attached hydrogens (tertiary/aromatic N) is 2. The molecule has 0 radical (unpaired) electrons. The van der Waals surface area contributed by atoms with Gasteiger partial charge in [-0.15, -0.1) is 0 Å². The summed E-state index contributed by atoms with van der Waals surface area (Å²) in [5.74, 6) is 0. The summed E-state index contributed by atoms with van der Waals surface area (Å²) in [6.07, 6.45) is 9.07. The third-order valence-electron chi connectivity index (χ3n) is 3.51. The van der Waals surface area contributed by atoms with E-state index in [2.05, 4.69) is 20.9 Å². The zero-order valence-corrected chi connectivity index (χ0v) is 13.2. The molecule has 0 spiro atoms. The topological polar surface area (TPSA) is 52.0 Å². The molecule has 0 aliphatic heterocycles. The van der Waals surface area contributed by atoms with E-state index < -0.39 is 14.8 Å². The molecular weight excluding hydrogens is 340 g/mol. The molecule has 1 aliphatic carbocycles. The Balaban J connectivity index is 2.20. The number of aromatic nitrogens is 2. The van der Waals surface area contributed by atoms with Crippen molar-refractivity contribution in [1.82, 2.24) is 8.96 Å². The van der Waals surface area contributed by atoms with Crippen molar-refractivity contribution in [1.29, 1.82) is 0 Å². The predicted octanol–water partition coefficient (Wildman–Crippen LogP) is 3.21. The molecule has 1 aliphatic rings. The fourth-order valence-electron chi connectivity index (χ4n) is 2.34. The van der Waals surface area contributed by atoms with Gasteiger partial charge < -0.3 is 0 Å². The zero-order valence-electron chi connectivity index (χ0n) is 10.8. The van der Waals surface area contributed by atoms with Crippen molar-refractivity contribution in [2.75, 3.05) is 0 Å². The molecule has 0 bridgehead atoms. The van der Waals surface area contributed by atoms with Crippen molar-refractivity contribution >= 4 is 37.0 Å². The van der Waals surface area contributed by atoms with Crippen LogP contribution >= 0.6 is 15.9 Å². The van der Waals surface area contributed by atoms with Crippen LogP contribution in [0.1, 0.15) is 13.3 Å². The van der Waals surface area contributed by atoms with Crippen LogP contribution in [0.2, 0.25) is 0 Å². The quantitative estimate of drug-likeness (QED) is 0.833. The number of allylic oxidation sites excluding steroid dienone is 3. The number of fused-ring (bicyclic) bond motifs is 1. The minimum atomic E-state index is -3.58. The summed E-state index contributed by atoms with van der Waals surface area (Å²) >= 11 is 3.35. The van der Waals surface area contributed by atoms with Crippen LogP contribution in [-0.2, 0) is 10.0 Å². The number of halogens is 1. The lowest BCUT2D eigenvalue weighted by atomic mass is 10.0. The molecule has 4 nitrogen and oxygen atoms in total. The summed E-state index contributed by atoms with van der Waals surface area (Å²) in [7, 11) is -3.58. The molecule has 2 aromatic rings. The first-order chi connectivity index (χ1) is 9.44. The maximum absolute atomic E-state index is 13.0. The summed E-state index contributed by atoms with van der Waals surface area (Å²) < 4.78 is 27.0. The van der Waals surface area contributed by atoms with Crippen molar-refractivity contribution in [3.05, 3.63) is 53.3 Å². The number of hydrogen-bond acceptors (Lipinski definition) is 3. The van der Waals surface area contributed by atoms with E-state index in [-0.39, 0.29) is 0 Å². The number of pyridine rings is 1. The van der Waals surface area contributed by atoms with Crippen LogP contribution in [0.5, 0.6) is 0 Å². The second-order valence-electron chi connectivity index (χ2n) is 4.98. The molecule has 2 aromatic heterocycles. The monoisotopic (exact) mass is 352 g/mol. The Morgan fingerprint density at radius 3 is 2.95 bits per heavy atom. The van der Waals surface area contributed by atoms with Crippen LogP contribution < -0.4 is 0 Å². The highest BCUT2D eigenvalue weighted by atomic mass is 79.9. The second kappa shape index (κ2) is 4.56. The molecule has 20 heavy (non-hydrogen) atoms. The zero-order chi connectivity index (χ0) is 14.4. The summed E-state index contributed by atoms with van der Waals surface area (Å²) in [5.41, 5.74) is 0.466. The van der Waals surface area contributed by atoms with Crippen LogP contribution in [0.4, 0.5) is 0 Å². The maximum atomic E-state index is 13.0. The molecule has 1 unspecified atom stereocenters. The Labute approximate surface area is 126 Å². The highest BCUT2D eigenvalue weighted by Crippen LogP contribution is 2.33. The fourth-order valence-corrected chi connectivity index (χ4v) is 4.82. The Bertz CT molecular complexity index is 836. The fraction of sp³-hybridized carbons (Fsp3) is 0.214. The van der Waals surface area contributed by atoms with Gasteiger partial charge in [0.25, 0.3) is 0 Å². The summed E-state index contributed by atoms with van der Waals surface area (Å²) in [6, 6.07) is 5.41. The summed E-state index contributed by atoms with van der Waals surface area (Å²) in [4.78, 5) is 4.19. The van der Waals surface area contributed by atoms with E-state index in [1.54, 1.807) is 37.5 Å². The molecule has 0 aromatic carbocycles. The lowest BCUT2D eigenvalue weighted by Crippen LogP contribution is -2.38. The van der Waals surface area contributed by atoms with Crippen LogP contribution in [0, 0.1) is 0 Å². The van der Waals surface area contributed by atoms with E-state index in [1.165, 1.54) is 3.97 Å². The predicted molar refractivity (Wildman–Crippen MR) is 83.2 cm³/mol. The molecule has 0 fully saturated rings. The van der Waals surface area contributed by atoms with Gasteiger partial charge in [-0.3, -0.25) is 0 Å². The smallest absolute Gasteiger partial charge is 0.237 e. The minimum absolute atomic E-state index is 0.441. The Morgan fingerprint density at radius 1 is 1.40 bits per heavy atom. The van der Waals surface area contributed by atoms with Gasteiger partial charge in [-0.2, -0.15) is 0 Å². The van der Waals surface area contributed by atoms with Gasteiger partial charge in [-0.1, -0.05) is 28.1 Å². The van der Waals surface area contributed by atoms with Gasteiger partial charge in [0.15, 0.2) is 5.65 Å². The molecule has 0 N–H and O–H groups in total. The second-order valence-corrected chi connectivity index (χ2v) is 8.17. The SMILES string of the molecule is CC1(S(=O)(=O)n2ccc3cccnc32)C=C(Br)C=CC1. The molecule has 0 saturated heterocycles. The van der Waals surface area contributed by atoms with Gasteiger partial charge in [-0.05, 0) is 37.6 Å². The molecular formula is C14H13BrN2O2S. The van der Waals surface area contributed by atoms with E-state index in [4.69, 9.17) is 0 Å². The van der Waals surface area contributed by atoms with Crippen LogP contribution in [0.15, 0.2) is 53.3 Å². The van der Waals surface area contributed by atoms with Gasteiger partial charge in [0.2, 0.25) is 10.0 Å². The van der Waals surface area contributed by atoms with Gasteiger partial charge >= 0.3 is 0 Å². The first kappa shape index (κ1) is 13.6. The minimum Gasteiger partial charge on any atom is -0.237 e. The molecule has 1 atom stereocenters. The maximum Gasteiger partial charge on any atom is 0.249 e. The third kappa shape index (κ3) is 1.94. The van der Waals surface area contributed by atoms with Crippen molar-refractivity contribution in [2.45, 2.75) is 18.1 Å². The van der Waals surface area contributed by atoms with Gasteiger partial charge in [0.1, 0.15) is 4.75 Å². The molecule has 6 heteroatoms. The average Bonchev–Trinajstić information content (AvgIpc) is 2.82. The molecule has 3 rings (SSSR count). The summed E-state index contributed by atoms with van der Waals surface area (Å²) in [5, 5.41) is 0.814.